The molecule has 0 saturated carbocycles. The van der Waals surface area contributed by atoms with Crippen LogP contribution in [0.4, 0.5) is 10.1 Å². The molecule has 104 valence electrons. The lowest BCUT2D eigenvalue weighted by Crippen LogP contribution is -2.13. The zero-order chi connectivity index (χ0) is 14.7. The van der Waals surface area contributed by atoms with Crippen molar-refractivity contribution >= 4 is 11.6 Å². The van der Waals surface area contributed by atoms with Crippen molar-refractivity contribution in [3.63, 3.8) is 0 Å². The first-order chi connectivity index (χ1) is 10.2. The van der Waals surface area contributed by atoms with Gasteiger partial charge in [0.05, 0.1) is 11.8 Å². The second-order valence-electron chi connectivity index (χ2n) is 4.35. The van der Waals surface area contributed by atoms with Gasteiger partial charge in [0.15, 0.2) is 0 Å². The van der Waals surface area contributed by atoms with E-state index in [1.54, 1.807) is 30.5 Å². The number of carbonyl (C=O) groups excluding carboxylic acids is 1. The van der Waals surface area contributed by atoms with Crippen molar-refractivity contribution in [3.05, 3.63) is 72.4 Å². The first-order valence-corrected chi connectivity index (χ1v) is 6.30. The standard InChI is InChI=1S/C16H11FN2O2/c17-14-7-2-1-6-13(14)15(20)19-12-5-3-4-11(10-12)16-18-8-9-21-16/h1-10H,(H,19,20). The van der Waals surface area contributed by atoms with Crippen LogP contribution in [-0.2, 0) is 0 Å². The van der Waals surface area contributed by atoms with Crippen molar-refractivity contribution < 1.29 is 13.6 Å². The molecule has 1 amide bonds. The van der Waals surface area contributed by atoms with E-state index in [1.165, 1.54) is 24.5 Å². The number of oxazole rings is 1. The number of anilines is 1. The summed E-state index contributed by atoms with van der Waals surface area (Å²) in [5.41, 5.74) is 1.27. The quantitative estimate of drug-likeness (QED) is 0.796. The molecular formula is C16H11FN2O2. The highest BCUT2D eigenvalue weighted by Gasteiger charge is 2.11. The molecule has 0 aliphatic heterocycles. The molecule has 1 heterocycles. The zero-order valence-electron chi connectivity index (χ0n) is 10.9. The first kappa shape index (κ1) is 13.1. The smallest absolute Gasteiger partial charge is 0.258 e. The maximum absolute atomic E-state index is 13.6. The number of hydrogen-bond donors (Lipinski definition) is 1. The summed E-state index contributed by atoms with van der Waals surface area (Å²) < 4.78 is 18.8. The molecule has 3 aromatic rings. The molecule has 0 unspecified atom stereocenters. The molecule has 0 radical (unpaired) electrons. The summed E-state index contributed by atoms with van der Waals surface area (Å²) in [5, 5.41) is 2.65. The molecule has 5 heteroatoms. The van der Waals surface area contributed by atoms with Crippen LogP contribution in [0.5, 0.6) is 0 Å². The summed E-state index contributed by atoms with van der Waals surface area (Å²) in [6.45, 7) is 0. The van der Waals surface area contributed by atoms with Crippen molar-refractivity contribution in [1.29, 1.82) is 0 Å². The normalized spacial score (nSPS) is 10.3. The molecule has 21 heavy (non-hydrogen) atoms. The van der Waals surface area contributed by atoms with Crippen LogP contribution in [0.3, 0.4) is 0 Å². The van der Waals surface area contributed by atoms with Gasteiger partial charge in [0.1, 0.15) is 12.1 Å². The average molecular weight is 282 g/mol. The maximum atomic E-state index is 13.6. The molecule has 0 saturated heterocycles. The molecule has 4 nitrogen and oxygen atoms in total. The first-order valence-electron chi connectivity index (χ1n) is 6.30. The van der Waals surface area contributed by atoms with E-state index >= 15 is 0 Å². The third kappa shape index (κ3) is 2.81. The number of benzene rings is 2. The fourth-order valence-electron chi connectivity index (χ4n) is 1.94. The minimum atomic E-state index is -0.557. The van der Waals surface area contributed by atoms with Gasteiger partial charge in [-0.1, -0.05) is 18.2 Å². The van der Waals surface area contributed by atoms with Gasteiger partial charge in [-0.2, -0.15) is 0 Å². The Morgan fingerprint density at radius 3 is 2.76 bits per heavy atom. The van der Waals surface area contributed by atoms with Crippen molar-refractivity contribution in [2.45, 2.75) is 0 Å². The summed E-state index contributed by atoms with van der Waals surface area (Å²) in [5.74, 6) is -0.603. The largest absolute Gasteiger partial charge is 0.445 e. The van der Waals surface area contributed by atoms with Crippen LogP contribution in [0.1, 0.15) is 10.4 Å². The summed E-state index contributed by atoms with van der Waals surface area (Å²) in [6.07, 6.45) is 3.01. The molecule has 3 rings (SSSR count). The number of amides is 1. The minimum absolute atomic E-state index is 0.000901. The van der Waals surface area contributed by atoms with E-state index in [0.717, 1.165) is 5.56 Å². The molecule has 0 aliphatic carbocycles. The van der Waals surface area contributed by atoms with Crippen LogP contribution < -0.4 is 5.32 Å². The van der Waals surface area contributed by atoms with Gasteiger partial charge in [0.25, 0.3) is 5.91 Å². The maximum Gasteiger partial charge on any atom is 0.258 e. The van der Waals surface area contributed by atoms with E-state index in [-0.39, 0.29) is 5.56 Å². The monoisotopic (exact) mass is 282 g/mol. The van der Waals surface area contributed by atoms with Crippen molar-refractivity contribution in [1.82, 2.24) is 4.98 Å². The van der Waals surface area contributed by atoms with Crippen LogP contribution in [0.15, 0.2) is 65.4 Å². The number of carbonyl (C=O) groups is 1. The Kier molecular flexibility index (Phi) is 3.47. The number of aromatic nitrogens is 1. The molecule has 2 aromatic carbocycles. The SMILES string of the molecule is O=C(Nc1cccc(-c2ncco2)c1)c1ccccc1F. The molecule has 1 aromatic heterocycles. The van der Waals surface area contributed by atoms with E-state index < -0.39 is 11.7 Å². The Bertz CT molecular complexity index is 769. The van der Waals surface area contributed by atoms with Crippen LogP contribution in [0, 0.1) is 5.82 Å². The average Bonchev–Trinajstić information content (AvgIpc) is 3.02. The number of halogens is 1. The number of nitrogens with zero attached hydrogens (tertiary/aromatic N) is 1. The fourth-order valence-corrected chi connectivity index (χ4v) is 1.94. The molecule has 0 aliphatic rings. The van der Waals surface area contributed by atoms with Crippen LogP contribution in [0.2, 0.25) is 0 Å². The van der Waals surface area contributed by atoms with E-state index in [1.807, 2.05) is 6.07 Å². The molecule has 0 bridgehead atoms. The van der Waals surface area contributed by atoms with Crippen LogP contribution in [0.25, 0.3) is 11.5 Å². The third-order valence-corrected chi connectivity index (χ3v) is 2.92. The van der Waals surface area contributed by atoms with Crippen LogP contribution in [-0.4, -0.2) is 10.9 Å². The highest BCUT2D eigenvalue weighted by Crippen LogP contribution is 2.21. The molecule has 0 atom stereocenters. The third-order valence-electron chi connectivity index (χ3n) is 2.92. The van der Waals surface area contributed by atoms with Gasteiger partial charge in [-0.15, -0.1) is 0 Å². The van der Waals surface area contributed by atoms with Gasteiger partial charge in [-0.25, -0.2) is 9.37 Å². The highest BCUT2D eigenvalue weighted by atomic mass is 19.1. The zero-order valence-corrected chi connectivity index (χ0v) is 10.9. The number of rotatable bonds is 3. The fraction of sp³-hybridized carbons (Fsp3) is 0. The van der Waals surface area contributed by atoms with E-state index in [2.05, 4.69) is 10.3 Å². The lowest BCUT2D eigenvalue weighted by Gasteiger charge is -2.07. The Morgan fingerprint density at radius 2 is 2.00 bits per heavy atom. The van der Waals surface area contributed by atoms with Crippen molar-refractivity contribution in [2.24, 2.45) is 0 Å². The lowest BCUT2D eigenvalue weighted by molar-refractivity contribution is 0.102. The minimum Gasteiger partial charge on any atom is -0.445 e. The summed E-state index contributed by atoms with van der Waals surface area (Å²) in [7, 11) is 0. The van der Waals surface area contributed by atoms with Gasteiger partial charge in [-0.05, 0) is 30.3 Å². The van der Waals surface area contributed by atoms with Gasteiger partial charge >= 0.3 is 0 Å². The Morgan fingerprint density at radius 1 is 1.14 bits per heavy atom. The van der Waals surface area contributed by atoms with Gasteiger partial charge < -0.3 is 9.73 Å². The second-order valence-corrected chi connectivity index (χ2v) is 4.35. The molecule has 0 fully saturated rings. The molecule has 1 N–H and O–H groups in total. The lowest BCUT2D eigenvalue weighted by atomic mass is 10.1. The topological polar surface area (TPSA) is 55.1 Å². The van der Waals surface area contributed by atoms with Crippen molar-refractivity contribution in [2.75, 3.05) is 5.32 Å². The highest BCUT2D eigenvalue weighted by molar-refractivity contribution is 6.04. The van der Waals surface area contributed by atoms with Crippen molar-refractivity contribution in [3.8, 4) is 11.5 Å². The summed E-state index contributed by atoms with van der Waals surface area (Å²) >= 11 is 0. The number of nitrogens with one attached hydrogen (secondary N) is 1. The van der Waals surface area contributed by atoms with Gasteiger partial charge in [0, 0.05) is 11.3 Å². The van der Waals surface area contributed by atoms with Gasteiger partial charge in [0.2, 0.25) is 5.89 Å². The molecule has 0 spiro atoms. The predicted octanol–water partition coefficient (Wildman–Crippen LogP) is 3.73. The number of hydrogen-bond acceptors (Lipinski definition) is 3. The summed E-state index contributed by atoms with van der Waals surface area (Å²) in [4.78, 5) is 16.1. The Hall–Kier alpha value is -2.95. The van der Waals surface area contributed by atoms with E-state index in [4.69, 9.17) is 4.42 Å². The second kappa shape index (κ2) is 5.58. The van der Waals surface area contributed by atoms with E-state index in [0.29, 0.717) is 11.6 Å². The Labute approximate surface area is 120 Å². The summed E-state index contributed by atoms with van der Waals surface area (Å²) in [6, 6.07) is 12.8. The Balaban J connectivity index is 1.84. The predicted molar refractivity (Wildman–Crippen MR) is 76.3 cm³/mol. The molecular weight excluding hydrogens is 271 g/mol. The van der Waals surface area contributed by atoms with Crippen LogP contribution >= 0.6 is 0 Å². The van der Waals surface area contributed by atoms with E-state index in [9.17, 15) is 9.18 Å². The van der Waals surface area contributed by atoms with Gasteiger partial charge in [-0.3, -0.25) is 4.79 Å².